The van der Waals surface area contributed by atoms with Gasteiger partial charge in [-0.25, -0.2) is 0 Å². The molecular formula is C9H19I. The third-order valence-corrected chi connectivity index (χ3v) is 3.35. The Labute approximate surface area is 78.9 Å². The van der Waals surface area contributed by atoms with Gasteiger partial charge in [0, 0.05) is 4.43 Å². The Morgan fingerprint density at radius 3 is 2.20 bits per heavy atom. The maximum absolute atomic E-state index is 2.48. The number of hydrogen-bond acceptors (Lipinski definition) is 0. The molecule has 0 spiro atoms. The Morgan fingerprint density at radius 1 is 1.20 bits per heavy atom. The minimum absolute atomic E-state index is 0.919. The Morgan fingerprint density at radius 2 is 1.80 bits per heavy atom. The lowest BCUT2D eigenvalue weighted by molar-refractivity contribution is 0.418. The van der Waals surface area contributed by atoms with Crippen LogP contribution in [0, 0.1) is 11.8 Å². The van der Waals surface area contributed by atoms with Crippen molar-refractivity contribution in [2.75, 3.05) is 4.43 Å². The van der Waals surface area contributed by atoms with E-state index in [1.54, 1.807) is 0 Å². The first-order valence-corrected chi connectivity index (χ1v) is 5.79. The van der Waals surface area contributed by atoms with Crippen LogP contribution < -0.4 is 0 Å². The van der Waals surface area contributed by atoms with E-state index in [1.165, 1.54) is 23.7 Å². The van der Waals surface area contributed by atoms with Crippen LogP contribution in [0.5, 0.6) is 0 Å². The zero-order chi connectivity index (χ0) is 7.98. The van der Waals surface area contributed by atoms with Crippen molar-refractivity contribution in [3.8, 4) is 0 Å². The highest BCUT2D eigenvalue weighted by Gasteiger charge is 2.05. The molecule has 0 aliphatic carbocycles. The molecule has 0 bridgehead atoms. The van der Waals surface area contributed by atoms with Crippen molar-refractivity contribution in [2.45, 2.75) is 40.0 Å². The molecule has 0 heterocycles. The molecule has 0 N–H and O–H groups in total. The quantitative estimate of drug-likeness (QED) is 0.516. The van der Waals surface area contributed by atoms with Crippen molar-refractivity contribution < 1.29 is 0 Å². The van der Waals surface area contributed by atoms with Gasteiger partial charge in [0.15, 0.2) is 0 Å². The van der Waals surface area contributed by atoms with E-state index in [-0.39, 0.29) is 0 Å². The second-order valence-corrected chi connectivity index (χ2v) is 4.27. The predicted octanol–water partition coefficient (Wildman–Crippen LogP) is 3.88. The second-order valence-electron chi connectivity index (χ2n) is 3.39. The first-order valence-electron chi connectivity index (χ1n) is 4.26. The van der Waals surface area contributed by atoms with Crippen LogP contribution >= 0.6 is 22.6 Å². The summed E-state index contributed by atoms with van der Waals surface area (Å²) < 4.78 is 1.31. The molecule has 0 amide bonds. The van der Waals surface area contributed by atoms with Crippen LogP contribution in [0.1, 0.15) is 40.0 Å². The third kappa shape index (κ3) is 5.51. The molecule has 2 unspecified atom stereocenters. The Kier molecular flexibility index (Phi) is 6.91. The van der Waals surface area contributed by atoms with Crippen LogP contribution in [0.15, 0.2) is 0 Å². The molecule has 62 valence electrons. The molecule has 0 aliphatic heterocycles. The Bertz CT molecular complexity index is 71.1. The van der Waals surface area contributed by atoms with Gasteiger partial charge >= 0.3 is 0 Å². The standard InChI is InChI=1S/C9H19I/c1-4-5-8(2)6-9(3)7-10/h8-9H,4-7H2,1-3H3. The van der Waals surface area contributed by atoms with Gasteiger partial charge in [-0.1, -0.05) is 56.2 Å². The molecular weight excluding hydrogens is 235 g/mol. The number of rotatable bonds is 5. The number of alkyl halides is 1. The average molecular weight is 254 g/mol. The summed E-state index contributed by atoms with van der Waals surface area (Å²) >= 11 is 2.48. The summed E-state index contributed by atoms with van der Waals surface area (Å²) in [5, 5.41) is 0. The van der Waals surface area contributed by atoms with Gasteiger partial charge in [-0.3, -0.25) is 0 Å². The monoisotopic (exact) mass is 254 g/mol. The van der Waals surface area contributed by atoms with E-state index >= 15 is 0 Å². The molecule has 0 aromatic heterocycles. The first kappa shape index (κ1) is 10.7. The van der Waals surface area contributed by atoms with Crippen molar-refractivity contribution in [2.24, 2.45) is 11.8 Å². The largest absolute Gasteiger partial charge is 0.0861 e. The maximum Gasteiger partial charge on any atom is 0.00211 e. The lowest BCUT2D eigenvalue weighted by Crippen LogP contribution is -2.03. The fourth-order valence-corrected chi connectivity index (χ4v) is 1.72. The molecule has 1 heteroatoms. The van der Waals surface area contributed by atoms with E-state index in [9.17, 15) is 0 Å². The SMILES string of the molecule is CCCC(C)CC(C)CI. The summed E-state index contributed by atoms with van der Waals surface area (Å²) in [6, 6.07) is 0. The molecule has 0 aliphatic rings. The Balaban J connectivity index is 3.27. The van der Waals surface area contributed by atoms with Crippen LogP contribution in [-0.2, 0) is 0 Å². The minimum Gasteiger partial charge on any atom is -0.0861 e. The smallest absolute Gasteiger partial charge is 0.00211 e. The third-order valence-electron chi connectivity index (χ3n) is 1.85. The fraction of sp³-hybridized carbons (Fsp3) is 1.00. The molecule has 0 fully saturated rings. The molecule has 0 rings (SSSR count). The van der Waals surface area contributed by atoms with Gasteiger partial charge in [-0.05, 0) is 18.3 Å². The van der Waals surface area contributed by atoms with Gasteiger partial charge < -0.3 is 0 Å². The minimum atomic E-state index is 0.919. The van der Waals surface area contributed by atoms with Crippen LogP contribution in [-0.4, -0.2) is 4.43 Å². The first-order chi connectivity index (χ1) is 4.70. The molecule has 0 aromatic rings. The molecule has 10 heavy (non-hydrogen) atoms. The van der Waals surface area contributed by atoms with Crippen LogP contribution in [0.25, 0.3) is 0 Å². The van der Waals surface area contributed by atoms with Crippen molar-refractivity contribution in [3.05, 3.63) is 0 Å². The van der Waals surface area contributed by atoms with Gasteiger partial charge in [-0.15, -0.1) is 0 Å². The van der Waals surface area contributed by atoms with E-state index in [1.807, 2.05) is 0 Å². The molecule has 0 nitrogen and oxygen atoms in total. The van der Waals surface area contributed by atoms with Gasteiger partial charge in [0.1, 0.15) is 0 Å². The molecule has 0 saturated heterocycles. The van der Waals surface area contributed by atoms with Gasteiger partial charge in [0.05, 0.1) is 0 Å². The highest BCUT2D eigenvalue weighted by Crippen LogP contribution is 2.17. The summed E-state index contributed by atoms with van der Waals surface area (Å²) in [5.74, 6) is 1.86. The highest BCUT2D eigenvalue weighted by atomic mass is 127. The van der Waals surface area contributed by atoms with Gasteiger partial charge in [0.25, 0.3) is 0 Å². The van der Waals surface area contributed by atoms with E-state index < -0.39 is 0 Å². The van der Waals surface area contributed by atoms with E-state index in [0.29, 0.717) is 0 Å². The Hall–Kier alpha value is 0.730. The van der Waals surface area contributed by atoms with Gasteiger partial charge in [-0.2, -0.15) is 0 Å². The van der Waals surface area contributed by atoms with Crippen molar-refractivity contribution in [3.63, 3.8) is 0 Å². The van der Waals surface area contributed by atoms with E-state index in [4.69, 9.17) is 0 Å². The predicted molar refractivity (Wildman–Crippen MR) is 56.7 cm³/mol. The summed E-state index contributed by atoms with van der Waals surface area (Å²) in [7, 11) is 0. The summed E-state index contributed by atoms with van der Waals surface area (Å²) in [6.07, 6.45) is 4.16. The lowest BCUT2D eigenvalue weighted by atomic mass is 9.95. The van der Waals surface area contributed by atoms with Crippen molar-refractivity contribution in [1.29, 1.82) is 0 Å². The molecule has 2 atom stereocenters. The van der Waals surface area contributed by atoms with Gasteiger partial charge in [0.2, 0.25) is 0 Å². The molecule has 0 radical (unpaired) electrons. The van der Waals surface area contributed by atoms with E-state index in [0.717, 1.165) is 11.8 Å². The zero-order valence-electron chi connectivity index (χ0n) is 7.36. The van der Waals surface area contributed by atoms with E-state index in [2.05, 4.69) is 43.4 Å². The summed E-state index contributed by atoms with van der Waals surface area (Å²) in [6.45, 7) is 6.98. The normalized spacial score (nSPS) is 16.8. The maximum atomic E-state index is 2.48. The topological polar surface area (TPSA) is 0 Å². The zero-order valence-corrected chi connectivity index (χ0v) is 9.52. The van der Waals surface area contributed by atoms with Crippen molar-refractivity contribution in [1.82, 2.24) is 0 Å². The average Bonchev–Trinajstić information content (AvgIpc) is 1.88. The van der Waals surface area contributed by atoms with Crippen molar-refractivity contribution >= 4 is 22.6 Å². The van der Waals surface area contributed by atoms with Crippen LogP contribution in [0.3, 0.4) is 0 Å². The molecule has 0 saturated carbocycles. The highest BCUT2D eigenvalue weighted by molar-refractivity contribution is 14.1. The fourth-order valence-electron chi connectivity index (χ4n) is 1.36. The lowest BCUT2D eigenvalue weighted by Gasteiger charge is -2.13. The summed E-state index contributed by atoms with van der Waals surface area (Å²) in [5.41, 5.74) is 0. The second kappa shape index (κ2) is 6.44. The number of halogens is 1. The number of hydrogen-bond donors (Lipinski definition) is 0. The summed E-state index contributed by atoms with van der Waals surface area (Å²) in [4.78, 5) is 0. The van der Waals surface area contributed by atoms with Crippen LogP contribution in [0.4, 0.5) is 0 Å². The van der Waals surface area contributed by atoms with Crippen LogP contribution in [0.2, 0.25) is 0 Å². The molecule has 0 aromatic carbocycles.